The number of ether oxygens (including phenoxy) is 1. The number of anilines is 1. The van der Waals surface area contributed by atoms with Gasteiger partial charge < -0.3 is 10.1 Å². The summed E-state index contributed by atoms with van der Waals surface area (Å²) in [5.41, 5.74) is -0.228. The fraction of sp³-hybridized carbons (Fsp3) is 0.235. The second-order valence-electron chi connectivity index (χ2n) is 5.28. The van der Waals surface area contributed by atoms with Crippen molar-refractivity contribution in [2.75, 3.05) is 25.5 Å². The van der Waals surface area contributed by atoms with Gasteiger partial charge in [0, 0.05) is 12.6 Å². The van der Waals surface area contributed by atoms with Crippen LogP contribution in [-0.4, -0.2) is 38.8 Å². The molecule has 2 aromatic carbocycles. The van der Waals surface area contributed by atoms with Gasteiger partial charge in [0.15, 0.2) is 0 Å². The van der Waals surface area contributed by atoms with Crippen LogP contribution in [0.1, 0.15) is 6.92 Å². The number of nitrogens with one attached hydrogen (secondary N) is 1. The number of sulfonamides is 1. The molecule has 1 amide bonds. The molecule has 6 nitrogen and oxygen atoms in total. The summed E-state index contributed by atoms with van der Waals surface area (Å²) in [5, 5.41) is 2.24. The van der Waals surface area contributed by atoms with Gasteiger partial charge in [0.25, 0.3) is 0 Å². The summed E-state index contributed by atoms with van der Waals surface area (Å²) in [5.74, 6) is -1.97. The van der Waals surface area contributed by atoms with E-state index in [9.17, 15) is 22.0 Å². The maximum absolute atomic E-state index is 13.6. The summed E-state index contributed by atoms with van der Waals surface area (Å²) in [6, 6.07) is 8.41. The third-order valence-electron chi connectivity index (χ3n) is 3.58. The standard InChI is InChI=1S/C17H18F2N2O4S/c1-3-21(26(23,24)14-7-5-13(25-2)6-8-14)11-17(22)20-16-9-4-12(18)10-15(16)19/h4-10H,3,11H2,1-2H3,(H,20,22). The van der Waals surface area contributed by atoms with Gasteiger partial charge in [0.05, 0.1) is 24.2 Å². The van der Waals surface area contributed by atoms with Crippen LogP contribution in [-0.2, 0) is 14.8 Å². The molecule has 0 aliphatic rings. The van der Waals surface area contributed by atoms with E-state index in [1.165, 1.54) is 31.4 Å². The summed E-state index contributed by atoms with van der Waals surface area (Å²) in [7, 11) is -2.46. The lowest BCUT2D eigenvalue weighted by molar-refractivity contribution is -0.116. The number of benzene rings is 2. The fourth-order valence-corrected chi connectivity index (χ4v) is 3.61. The van der Waals surface area contributed by atoms with Crippen LogP contribution in [0.4, 0.5) is 14.5 Å². The number of rotatable bonds is 7. The van der Waals surface area contributed by atoms with Crippen LogP contribution < -0.4 is 10.1 Å². The molecule has 0 saturated heterocycles. The number of carbonyl (C=O) groups is 1. The quantitative estimate of drug-likeness (QED) is 0.796. The van der Waals surface area contributed by atoms with E-state index in [0.29, 0.717) is 11.8 Å². The molecule has 0 bridgehead atoms. The van der Waals surface area contributed by atoms with Gasteiger partial charge in [-0.1, -0.05) is 6.92 Å². The maximum Gasteiger partial charge on any atom is 0.243 e. The zero-order valence-electron chi connectivity index (χ0n) is 14.2. The van der Waals surface area contributed by atoms with E-state index in [0.717, 1.165) is 16.4 Å². The van der Waals surface area contributed by atoms with Crippen molar-refractivity contribution in [3.8, 4) is 5.75 Å². The SMILES string of the molecule is CCN(CC(=O)Nc1ccc(F)cc1F)S(=O)(=O)c1ccc(OC)cc1. The van der Waals surface area contributed by atoms with Crippen molar-refractivity contribution in [2.45, 2.75) is 11.8 Å². The molecule has 1 N–H and O–H groups in total. The molecule has 0 spiro atoms. The van der Waals surface area contributed by atoms with Gasteiger partial charge in [-0.2, -0.15) is 4.31 Å². The average molecular weight is 384 g/mol. The van der Waals surface area contributed by atoms with Crippen molar-refractivity contribution >= 4 is 21.6 Å². The Kier molecular flexibility index (Phi) is 6.27. The highest BCUT2D eigenvalue weighted by Crippen LogP contribution is 2.20. The lowest BCUT2D eigenvalue weighted by atomic mass is 10.3. The first-order valence-electron chi connectivity index (χ1n) is 7.67. The van der Waals surface area contributed by atoms with Crippen LogP contribution in [0, 0.1) is 11.6 Å². The normalized spacial score (nSPS) is 11.4. The Labute approximate surface area is 150 Å². The molecule has 2 rings (SSSR count). The lowest BCUT2D eigenvalue weighted by Gasteiger charge is -2.20. The van der Waals surface area contributed by atoms with Gasteiger partial charge in [0.2, 0.25) is 15.9 Å². The third kappa shape index (κ3) is 4.55. The molecular formula is C17H18F2N2O4S. The van der Waals surface area contributed by atoms with Gasteiger partial charge in [-0.05, 0) is 36.4 Å². The molecule has 0 saturated carbocycles. The molecule has 0 heterocycles. The van der Waals surface area contributed by atoms with Crippen LogP contribution >= 0.6 is 0 Å². The molecule has 0 fully saturated rings. The predicted octanol–water partition coefficient (Wildman–Crippen LogP) is 2.62. The van der Waals surface area contributed by atoms with E-state index in [1.54, 1.807) is 6.92 Å². The number of amides is 1. The van der Waals surface area contributed by atoms with Crippen LogP contribution in [0.25, 0.3) is 0 Å². The molecule has 2 aromatic rings. The smallest absolute Gasteiger partial charge is 0.243 e. The monoisotopic (exact) mass is 384 g/mol. The summed E-state index contributed by atoms with van der Waals surface area (Å²) in [4.78, 5) is 12.1. The van der Waals surface area contributed by atoms with Crippen molar-refractivity contribution < 1.29 is 26.7 Å². The molecule has 0 unspecified atom stereocenters. The zero-order chi connectivity index (χ0) is 19.3. The second kappa shape index (κ2) is 8.24. The molecule has 0 aliphatic heterocycles. The van der Waals surface area contributed by atoms with Crippen LogP contribution in [0.15, 0.2) is 47.4 Å². The minimum atomic E-state index is -3.92. The van der Waals surface area contributed by atoms with Gasteiger partial charge in [0.1, 0.15) is 17.4 Å². The number of halogens is 2. The number of hydrogen-bond acceptors (Lipinski definition) is 4. The minimum absolute atomic E-state index is 0.000845. The highest BCUT2D eigenvalue weighted by atomic mass is 32.2. The Bertz CT molecular complexity index is 886. The molecule has 0 aromatic heterocycles. The first kappa shape index (κ1) is 19.8. The fourth-order valence-electron chi connectivity index (χ4n) is 2.20. The number of hydrogen-bond donors (Lipinski definition) is 1. The Hall–Kier alpha value is -2.52. The average Bonchev–Trinajstić information content (AvgIpc) is 2.62. The highest BCUT2D eigenvalue weighted by Gasteiger charge is 2.25. The summed E-state index contributed by atoms with van der Waals surface area (Å²) in [6.45, 7) is 1.10. The van der Waals surface area contributed by atoms with E-state index in [-0.39, 0.29) is 17.1 Å². The summed E-state index contributed by atoms with van der Waals surface area (Å²) >= 11 is 0. The van der Waals surface area contributed by atoms with Gasteiger partial charge in [-0.15, -0.1) is 0 Å². The Morgan fingerprint density at radius 1 is 1.15 bits per heavy atom. The molecule has 9 heteroatoms. The van der Waals surface area contributed by atoms with E-state index >= 15 is 0 Å². The van der Waals surface area contributed by atoms with Crippen LogP contribution in [0.3, 0.4) is 0 Å². The van der Waals surface area contributed by atoms with Gasteiger partial charge in [-0.3, -0.25) is 4.79 Å². The first-order valence-corrected chi connectivity index (χ1v) is 9.11. The molecule has 0 atom stereocenters. The Morgan fingerprint density at radius 3 is 2.35 bits per heavy atom. The number of likely N-dealkylation sites (N-methyl/N-ethyl adjacent to an activating group) is 1. The van der Waals surface area contributed by atoms with E-state index in [2.05, 4.69) is 5.32 Å². The number of methoxy groups -OCH3 is 1. The molecule has 140 valence electrons. The van der Waals surface area contributed by atoms with Crippen molar-refractivity contribution in [3.63, 3.8) is 0 Å². The Morgan fingerprint density at radius 2 is 1.81 bits per heavy atom. The predicted molar refractivity (Wildman–Crippen MR) is 92.4 cm³/mol. The van der Waals surface area contributed by atoms with Crippen LogP contribution in [0.5, 0.6) is 5.75 Å². The summed E-state index contributed by atoms with van der Waals surface area (Å²) in [6.07, 6.45) is 0. The molecular weight excluding hydrogens is 366 g/mol. The molecule has 26 heavy (non-hydrogen) atoms. The van der Waals surface area contributed by atoms with Crippen molar-refractivity contribution in [1.29, 1.82) is 0 Å². The lowest BCUT2D eigenvalue weighted by Crippen LogP contribution is -2.37. The van der Waals surface area contributed by atoms with Crippen LogP contribution in [0.2, 0.25) is 0 Å². The second-order valence-corrected chi connectivity index (χ2v) is 7.22. The largest absolute Gasteiger partial charge is 0.497 e. The number of nitrogens with zero attached hydrogens (tertiary/aromatic N) is 1. The summed E-state index contributed by atoms with van der Waals surface area (Å²) < 4.78 is 57.7. The zero-order valence-corrected chi connectivity index (χ0v) is 15.0. The Balaban J connectivity index is 2.14. The topological polar surface area (TPSA) is 75.7 Å². The highest BCUT2D eigenvalue weighted by molar-refractivity contribution is 7.89. The van der Waals surface area contributed by atoms with E-state index in [1.807, 2.05) is 0 Å². The minimum Gasteiger partial charge on any atom is -0.497 e. The molecule has 0 radical (unpaired) electrons. The van der Waals surface area contributed by atoms with E-state index in [4.69, 9.17) is 4.74 Å². The van der Waals surface area contributed by atoms with Gasteiger partial charge >= 0.3 is 0 Å². The van der Waals surface area contributed by atoms with Crippen molar-refractivity contribution in [3.05, 3.63) is 54.1 Å². The van der Waals surface area contributed by atoms with E-state index < -0.39 is 34.1 Å². The van der Waals surface area contributed by atoms with Crippen molar-refractivity contribution in [2.24, 2.45) is 0 Å². The van der Waals surface area contributed by atoms with Crippen molar-refractivity contribution in [1.82, 2.24) is 4.31 Å². The maximum atomic E-state index is 13.6. The molecule has 0 aliphatic carbocycles. The van der Waals surface area contributed by atoms with Gasteiger partial charge in [-0.25, -0.2) is 17.2 Å². The third-order valence-corrected chi connectivity index (χ3v) is 5.51. The first-order chi connectivity index (χ1) is 12.3. The number of carbonyl (C=O) groups excluding carboxylic acids is 1.